The van der Waals surface area contributed by atoms with Crippen molar-refractivity contribution in [3.05, 3.63) is 45.9 Å². The number of rotatable bonds is 3. The fourth-order valence-electron chi connectivity index (χ4n) is 1.45. The van der Waals surface area contributed by atoms with Gasteiger partial charge < -0.3 is 5.73 Å². The van der Waals surface area contributed by atoms with Crippen LogP contribution in [0, 0.1) is 5.82 Å². The molecule has 2 rings (SSSR count). The molecule has 0 unspecified atom stereocenters. The van der Waals surface area contributed by atoms with Gasteiger partial charge in [-0.2, -0.15) is 0 Å². The second-order valence-corrected chi connectivity index (χ2v) is 6.67. The van der Waals surface area contributed by atoms with E-state index in [0.717, 1.165) is 12.1 Å². The predicted octanol–water partition coefficient (Wildman–Crippen LogP) is 3.02. The van der Waals surface area contributed by atoms with Gasteiger partial charge in [0, 0.05) is 6.20 Å². The first kappa shape index (κ1) is 15.0. The highest BCUT2D eigenvalue weighted by atomic mass is 79.9. The lowest BCUT2D eigenvalue weighted by Gasteiger charge is -2.11. The fraction of sp³-hybridized carbons (Fsp3) is 0. The number of aromatic nitrogens is 1. The number of nitrogens with one attached hydrogen (secondary N) is 1. The molecule has 0 atom stereocenters. The van der Waals surface area contributed by atoms with Crippen LogP contribution in [0.15, 0.2) is 39.8 Å². The number of sulfonamides is 1. The third-order valence-corrected chi connectivity index (χ3v) is 4.57. The third-order valence-electron chi connectivity index (χ3n) is 2.32. The van der Waals surface area contributed by atoms with E-state index in [1.807, 2.05) is 0 Å². The normalized spacial score (nSPS) is 11.3. The molecule has 0 aliphatic carbocycles. The quantitative estimate of drug-likeness (QED) is 0.633. The zero-order valence-corrected chi connectivity index (χ0v) is 12.9. The third kappa shape index (κ3) is 3.20. The molecule has 0 spiro atoms. The van der Waals surface area contributed by atoms with Gasteiger partial charge >= 0.3 is 0 Å². The Bertz CT molecular complexity index is 770. The predicted molar refractivity (Wildman–Crippen MR) is 78.6 cm³/mol. The van der Waals surface area contributed by atoms with Gasteiger partial charge in [-0.3, -0.25) is 4.72 Å². The van der Waals surface area contributed by atoms with E-state index < -0.39 is 15.8 Å². The molecule has 5 nitrogen and oxygen atoms in total. The second kappa shape index (κ2) is 5.55. The van der Waals surface area contributed by atoms with Crippen LogP contribution in [-0.2, 0) is 10.0 Å². The molecule has 1 heterocycles. The van der Waals surface area contributed by atoms with E-state index in [-0.39, 0.29) is 25.9 Å². The number of nitrogen functional groups attached to an aromatic ring is 1. The summed E-state index contributed by atoms with van der Waals surface area (Å²) in [5.41, 5.74) is 5.57. The molecule has 0 aliphatic rings. The van der Waals surface area contributed by atoms with Gasteiger partial charge in [0.1, 0.15) is 15.9 Å². The van der Waals surface area contributed by atoms with Gasteiger partial charge in [-0.25, -0.2) is 17.8 Å². The Hall–Kier alpha value is -1.38. The Balaban J connectivity index is 2.43. The average molecular weight is 381 g/mol. The van der Waals surface area contributed by atoms with Crippen molar-refractivity contribution in [2.75, 3.05) is 10.5 Å². The van der Waals surface area contributed by atoms with Crippen molar-refractivity contribution >= 4 is 48.9 Å². The summed E-state index contributed by atoms with van der Waals surface area (Å²) < 4.78 is 39.9. The first-order valence-electron chi connectivity index (χ1n) is 5.18. The van der Waals surface area contributed by atoms with Gasteiger partial charge in [-0.15, -0.1) is 0 Å². The van der Waals surface area contributed by atoms with E-state index in [0.29, 0.717) is 0 Å². The van der Waals surface area contributed by atoms with Gasteiger partial charge in [-0.1, -0.05) is 11.6 Å². The standard InChI is InChI=1S/C11H8BrClFN3O2S/c12-7-4-10(9(15)5-8(7)14)20(18,19)17-6-1-2-16-11(13)3-6/h1-5H,15H2,(H,16,17). The monoisotopic (exact) mass is 379 g/mol. The van der Waals surface area contributed by atoms with Crippen LogP contribution in [0.4, 0.5) is 15.8 Å². The first-order valence-corrected chi connectivity index (χ1v) is 7.84. The lowest BCUT2D eigenvalue weighted by molar-refractivity contribution is 0.599. The van der Waals surface area contributed by atoms with E-state index in [1.165, 1.54) is 18.3 Å². The minimum atomic E-state index is -3.96. The summed E-state index contributed by atoms with van der Waals surface area (Å²) in [6.45, 7) is 0. The van der Waals surface area contributed by atoms with Crippen molar-refractivity contribution in [2.24, 2.45) is 0 Å². The van der Waals surface area contributed by atoms with Crippen LogP contribution < -0.4 is 10.5 Å². The molecule has 20 heavy (non-hydrogen) atoms. The van der Waals surface area contributed by atoms with Crippen molar-refractivity contribution in [1.29, 1.82) is 0 Å². The summed E-state index contributed by atoms with van der Waals surface area (Å²) in [7, 11) is -3.96. The van der Waals surface area contributed by atoms with Crippen molar-refractivity contribution in [2.45, 2.75) is 4.90 Å². The number of anilines is 2. The lowest BCUT2D eigenvalue weighted by Crippen LogP contribution is -2.15. The molecule has 0 bridgehead atoms. The summed E-state index contributed by atoms with van der Waals surface area (Å²) in [6, 6.07) is 4.79. The molecule has 2 aromatic rings. The largest absolute Gasteiger partial charge is 0.398 e. The Morgan fingerprint density at radius 2 is 2.05 bits per heavy atom. The molecule has 0 saturated carbocycles. The topological polar surface area (TPSA) is 85.1 Å². The zero-order chi connectivity index (χ0) is 14.9. The van der Waals surface area contributed by atoms with Crippen LogP contribution in [-0.4, -0.2) is 13.4 Å². The maximum Gasteiger partial charge on any atom is 0.263 e. The number of pyridine rings is 1. The number of nitrogens with zero attached hydrogens (tertiary/aromatic N) is 1. The van der Waals surface area contributed by atoms with E-state index in [1.54, 1.807) is 0 Å². The molecular formula is C11H8BrClFN3O2S. The number of hydrogen-bond donors (Lipinski definition) is 2. The molecule has 0 saturated heterocycles. The average Bonchev–Trinajstić information content (AvgIpc) is 2.33. The Labute approximate surface area is 128 Å². The number of benzene rings is 1. The van der Waals surface area contributed by atoms with Crippen LogP contribution in [0.5, 0.6) is 0 Å². The fourth-order valence-corrected chi connectivity index (χ4v) is 3.31. The van der Waals surface area contributed by atoms with E-state index in [2.05, 4.69) is 25.6 Å². The van der Waals surface area contributed by atoms with Crippen LogP contribution >= 0.6 is 27.5 Å². The van der Waals surface area contributed by atoms with Crippen LogP contribution in [0.2, 0.25) is 5.15 Å². The molecule has 0 fully saturated rings. The maximum absolute atomic E-state index is 13.3. The molecule has 106 valence electrons. The summed E-state index contributed by atoms with van der Waals surface area (Å²) in [6.07, 6.45) is 1.35. The van der Waals surface area contributed by atoms with Crippen LogP contribution in [0.25, 0.3) is 0 Å². The Morgan fingerprint density at radius 1 is 1.35 bits per heavy atom. The van der Waals surface area contributed by atoms with Gasteiger partial charge in [0.2, 0.25) is 0 Å². The number of hydrogen-bond acceptors (Lipinski definition) is 4. The Morgan fingerprint density at radius 3 is 2.70 bits per heavy atom. The second-order valence-electron chi connectivity index (χ2n) is 3.78. The summed E-state index contributed by atoms with van der Waals surface area (Å²) in [4.78, 5) is 3.50. The first-order chi connectivity index (χ1) is 9.29. The van der Waals surface area contributed by atoms with Crippen LogP contribution in [0.1, 0.15) is 0 Å². The van der Waals surface area contributed by atoms with Gasteiger partial charge in [-0.05, 0) is 40.2 Å². The molecule has 0 aliphatic heterocycles. The van der Waals surface area contributed by atoms with Gasteiger partial charge in [0.25, 0.3) is 10.0 Å². The molecular weight excluding hydrogens is 373 g/mol. The SMILES string of the molecule is Nc1cc(F)c(Br)cc1S(=O)(=O)Nc1ccnc(Cl)c1. The highest BCUT2D eigenvalue weighted by Crippen LogP contribution is 2.27. The molecule has 3 N–H and O–H groups in total. The van der Waals surface area contributed by atoms with Crippen molar-refractivity contribution in [1.82, 2.24) is 4.98 Å². The lowest BCUT2D eigenvalue weighted by atomic mass is 10.3. The van der Waals surface area contributed by atoms with Crippen molar-refractivity contribution < 1.29 is 12.8 Å². The minimum Gasteiger partial charge on any atom is -0.398 e. The zero-order valence-electron chi connectivity index (χ0n) is 9.77. The van der Waals surface area contributed by atoms with E-state index in [4.69, 9.17) is 17.3 Å². The maximum atomic E-state index is 13.3. The number of nitrogens with two attached hydrogens (primary N) is 1. The molecule has 1 aromatic heterocycles. The summed E-state index contributed by atoms with van der Waals surface area (Å²) >= 11 is 8.59. The summed E-state index contributed by atoms with van der Waals surface area (Å²) in [5, 5.41) is 0.137. The molecule has 0 amide bonds. The molecule has 0 radical (unpaired) electrons. The van der Waals surface area contributed by atoms with Crippen molar-refractivity contribution in [3.63, 3.8) is 0 Å². The Kier molecular flexibility index (Phi) is 4.17. The van der Waals surface area contributed by atoms with E-state index in [9.17, 15) is 12.8 Å². The van der Waals surface area contributed by atoms with Crippen LogP contribution in [0.3, 0.4) is 0 Å². The molecule has 9 heteroatoms. The minimum absolute atomic E-state index is 0.000152. The molecule has 1 aromatic carbocycles. The van der Waals surface area contributed by atoms with Crippen molar-refractivity contribution in [3.8, 4) is 0 Å². The highest BCUT2D eigenvalue weighted by molar-refractivity contribution is 9.10. The van der Waals surface area contributed by atoms with E-state index >= 15 is 0 Å². The van der Waals surface area contributed by atoms with Gasteiger partial charge in [0.05, 0.1) is 15.8 Å². The smallest absolute Gasteiger partial charge is 0.263 e. The van der Waals surface area contributed by atoms with Gasteiger partial charge in [0.15, 0.2) is 0 Å². The summed E-state index contributed by atoms with van der Waals surface area (Å²) in [5.74, 6) is -0.645. The highest BCUT2D eigenvalue weighted by Gasteiger charge is 2.20. The number of halogens is 3.